The Hall–Kier alpha value is -1.65. The molecule has 2 saturated heterocycles. The minimum absolute atomic E-state index is 0.135. The van der Waals surface area contributed by atoms with E-state index in [1.54, 1.807) is 0 Å². The zero-order valence-electron chi connectivity index (χ0n) is 14.1. The topological polar surface area (TPSA) is 32.8 Å². The fraction of sp³-hybridized carbons (Fsp3) is 0.526. The first-order valence-corrected chi connectivity index (χ1v) is 8.44. The van der Waals surface area contributed by atoms with Crippen molar-refractivity contribution in [3.05, 3.63) is 47.5 Å². The molecular formula is C19H26N2O2. The number of nitrogens with zero attached hydrogens (tertiary/aromatic N) is 2. The van der Waals surface area contributed by atoms with Gasteiger partial charge in [0.05, 0.1) is 25.2 Å². The van der Waals surface area contributed by atoms with Gasteiger partial charge in [-0.15, -0.1) is 0 Å². The van der Waals surface area contributed by atoms with E-state index in [1.165, 1.54) is 11.1 Å². The summed E-state index contributed by atoms with van der Waals surface area (Å²) in [4.78, 5) is 17.0. The number of carbonyl (C=O) groups is 1. The van der Waals surface area contributed by atoms with Gasteiger partial charge in [0.1, 0.15) is 0 Å². The lowest BCUT2D eigenvalue weighted by Crippen LogP contribution is -2.45. The second kappa shape index (κ2) is 7.28. The fourth-order valence-corrected chi connectivity index (χ4v) is 3.37. The monoisotopic (exact) mass is 314 g/mol. The van der Waals surface area contributed by atoms with Crippen molar-refractivity contribution in [1.29, 1.82) is 0 Å². The smallest absolute Gasteiger partial charge is 0.225 e. The summed E-state index contributed by atoms with van der Waals surface area (Å²) in [7, 11) is 0. The lowest BCUT2D eigenvalue weighted by Gasteiger charge is -2.29. The Balaban J connectivity index is 1.74. The number of carbonyl (C=O) groups excluding carboxylic acids is 1. The third-order valence-corrected chi connectivity index (χ3v) is 4.63. The van der Waals surface area contributed by atoms with E-state index in [0.717, 1.165) is 19.6 Å². The predicted octanol–water partition coefficient (Wildman–Crippen LogP) is 2.45. The van der Waals surface area contributed by atoms with Crippen molar-refractivity contribution >= 4 is 5.91 Å². The summed E-state index contributed by atoms with van der Waals surface area (Å²) >= 11 is 0. The van der Waals surface area contributed by atoms with E-state index in [4.69, 9.17) is 4.74 Å². The van der Waals surface area contributed by atoms with E-state index in [0.29, 0.717) is 19.6 Å². The quantitative estimate of drug-likeness (QED) is 0.800. The Morgan fingerprint density at radius 1 is 1.26 bits per heavy atom. The molecule has 2 aliphatic rings. The SMILES string of the molecule is CC(C)=CCN1C[C@@H]2OCCC(=O)N(Cc3ccccc3)[C@H]2C1. The number of fused-ring (bicyclic) bond motifs is 1. The van der Waals surface area contributed by atoms with Gasteiger partial charge in [0.2, 0.25) is 5.91 Å². The molecule has 0 bridgehead atoms. The van der Waals surface area contributed by atoms with Crippen LogP contribution in [0.3, 0.4) is 0 Å². The number of likely N-dealkylation sites (tertiary alicyclic amines) is 1. The van der Waals surface area contributed by atoms with E-state index < -0.39 is 0 Å². The molecule has 0 aliphatic carbocycles. The number of hydrogen-bond acceptors (Lipinski definition) is 3. The maximum Gasteiger partial charge on any atom is 0.225 e. The summed E-state index contributed by atoms with van der Waals surface area (Å²) in [6.07, 6.45) is 2.87. The van der Waals surface area contributed by atoms with Gasteiger partial charge in [-0.05, 0) is 19.4 Å². The van der Waals surface area contributed by atoms with Crippen LogP contribution in [0, 0.1) is 0 Å². The molecule has 4 heteroatoms. The van der Waals surface area contributed by atoms with E-state index in [2.05, 4.69) is 37.0 Å². The van der Waals surface area contributed by atoms with Crippen LogP contribution in [0.15, 0.2) is 42.0 Å². The molecule has 0 spiro atoms. The van der Waals surface area contributed by atoms with Crippen LogP contribution in [-0.2, 0) is 16.1 Å². The van der Waals surface area contributed by atoms with E-state index in [1.807, 2.05) is 23.1 Å². The second-order valence-electron chi connectivity index (χ2n) is 6.73. The molecule has 4 nitrogen and oxygen atoms in total. The molecule has 124 valence electrons. The van der Waals surface area contributed by atoms with Crippen molar-refractivity contribution in [2.75, 3.05) is 26.2 Å². The maximum atomic E-state index is 12.5. The van der Waals surface area contributed by atoms with Crippen molar-refractivity contribution in [3.63, 3.8) is 0 Å². The molecule has 2 fully saturated rings. The standard InChI is InChI=1S/C19H26N2O2/c1-15(2)8-10-20-13-17-18(14-20)23-11-9-19(22)21(17)12-16-6-4-3-5-7-16/h3-8,17-18H,9-14H2,1-2H3/t17-,18-/m0/s1. The zero-order valence-corrected chi connectivity index (χ0v) is 14.1. The van der Waals surface area contributed by atoms with E-state index in [-0.39, 0.29) is 18.1 Å². The van der Waals surface area contributed by atoms with Crippen LogP contribution in [0.2, 0.25) is 0 Å². The predicted molar refractivity (Wildman–Crippen MR) is 91.0 cm³/mol. The molecule has 1 aromatic rings. The highest BCUT2D eigenvalue weighted by molar-refractivity contribution is 5.77. The Bertz CT molecular complexity index is 566. The van der Waals surface area contributed by atoms with Gasteiger partial charge in [-0.1, -0.05) is 42.0 Å². The van der Waals surface area contributed by atoms with Crippen LogP contribution < -0.4 is 0 Å². The Morgan fingerprint density at radius 2 is 2.04 bits per heavy atom. The lowest BCUT2D eigenvalue weighted by atomic mass is 10.1. The van der Waals surface area contributed by atoms with Gasteiger partial charge in [0.15, 0.2) is 0 Å². The summed E-state index contributed by atoms with van der Waals surface area (Å²) in [5.41, 5.74) is 2.51. The molecule has 0 saturated carbocycles. The highest BCUT2D eigenvalue weighted by Gasteiger charge is 2.40. The van der Waals surface area contributed by atoms with Gasteiger partial charge in [0.25, 0.3) is 0 Å². The van der Waals surface area contributed by atoms with Gasteiger partial charge in [-0.2, -0.15) is 0 Å². The summed E-state index contributed by atoms with van der Waals surface area (Å²) in [6, 6.07) is 10.4. The van der Waals surface area contributed by atoms with Gasteiger partial charge >= 0.3 is 0 Å². The average molecular weight is 314 g/mol. The van der Waals surface area contributed by atoms with Crippen LogP contribution in [0.5, 0.6) is 0 Å². The minimum atomic E-state index is 0.135. The normalized spacial score (nSPS) is 25.1. The molecule has 0 aromatic heterocycles. The first-order chi connectivity index (χ1) is 11.1. The van der Waals surface area contributed by atoms with Gasteiger partial charge in [-0.25, -0.2) is 0 Å². The highest BCUT2D eigenvalue weighted by Crippen LogP contribution is 2.25. The summed E-state index contributed by atoms with van der Waals surface area (Å²) in [6.45, 7) is 8.21. The average Bonchev–Trinajstić information content (AvgIpc) is 2.88. The van der Waals surface area contributed by atoms with Crippen LogP contribution in [0.4, 0.5) is 0 Å². The molecule has 1 amide bonds. The summed E-state index contributed by atoms with van der Waals surface area (Å²) in [5, 5.41) is 0. The molecule has 0 unspecified atom stereocenters. The zero-order chi connectivity index (χ0) is 16.2. The van der Waals surface area contributed by atoms with Gasteiger partial charge < -0.3 is 9.64 Å². The third-order valence-electron chi connectivity index (χ3n) is 4.63. The number of benzene rings is 1. The molecule has 1 aromatic carbocycles. The largest absolute Gasteiger partial charge is 0.374 e. The first-order valence-electron chi connectivity index (χ1n) is 8.44. The van der Waals surface area contributed by atoms with E-state index in [9.17, 15) is 4.79 Å². The third kappa shape index (κ3) is 4.01. The number of ether oxygens (including phenoxy) is 1. The van der Waals surface area contributed by atoms with Gasteiger partial charge in [0, 0.05) is 26.2 Å². The Labute approximate surface area is 138 Å². The Morgan fingerprint density at radius 3 is 2.78 bits per heavy atom. The molecular weight excluding hydrogens is 288 g/mol. The fourth-order valence-electron chi connectivity index (χ4n) is 3.37. The molecule has 3 rings (SSSR count). The number of allylic oxidation sites excluding steroid dienone is 1. The maximum absolute atomic E-state index is 12.5. The minimum Gasteiger partial charge on any atom is -0.374 e. The van der Waals surface area contributed by atoms with Crippen LogP contribution in [0.25, 0.3) is 0 Å². The van der Waals surface area contributed by atoms with Crippen molar-refractivity contribution in [1.82, 2.24) is 9.80 Å². The highest BCUT2D eigenvalue weighted by atomic mass is 16.5. The molecule has 2 atom stereocenters. The number of amides is 1. The Kier molecular flexibility index (Phi) is 5.13. The number of hydrogen-bond donors (Lipinski definition) is 0. The molecule has 2 aliphatic heterocycles. The summed E-state index contributed by atoms with van der Waals surface area (Å²) in [5.74, 6) is 0.213. The van der Waals surface area contributed by atoms with Crippen molar-refractivity contribution < 1.29 is 9.53 Å². The van der Waals surface area contributed by atoms with Crippen LogP contribution in [0.1, 0.15) is 25.8 Å². The van der Waals surface area contributed by atoms with Crippen LogP contribution in [-0.4, -0.2) is 54.1 Å². The molecule has 2 heterocycles. The molecule has 0 N–H and O–H groups in total. The molecule has 23 heavy (non-hydrogen) atoms. The van der Waals surface area contributed by atoms with Gasteiger partial charge in [-0.3, -0.25) is 9.69 Å². The molecule has 0 radical (unpaired) electrons. The van der Waals surface area contributed by atoms with Crippen molar-refractivity contribution in [2.45, 2.75) is 39.0 Å². The van der Waals surface area contributed by atoms with Crippen molar-refractivity contribution in [2.24, 2.45) is 0 Å². The van der Waals surface area contributed by atoms with E-state index >= 15 is 0 Å². The second-order valence-corrected chi connectivity index (χ2v) is 6.73. The lowest BCUT2D eigenvalue weighted by molar-refractivity contribution is -0.133. The summed E-state index contributed by atoms with van der Waals surface area (Å²) < 4.78 is 5.98. The first kappa shape index (κ1) is 16.2. The van der Waals surface area contributed by atoms with Crippen LogP contribution >= 0.6 is 0 Å². The number of rotatable bonds is 4. The van der Waals surface area contributed by atoms with Crippen molar-refractivity contribution in [3.8, 4) is 0 Å².